The number of methoxy groups -OCH3 is 1. The molecule has 4 aromatic rings. The van der Waals surface area contributed by atoms with Gasteiger partial charge in [0, 0.05) is 11.1 Å². The number of fused-ring (bicyclic) bond motifs is 3. The lowest BCUT2D eigenvalue weighted by molar-refractivity contribution is -0.142. The molecule has 4 atom stereocenters. The quantitative estimate of drug-likeness (QED) is 0.310. The molecular formula is C29H31N5O7S. The van der Waals surface area contributed by atoms with Gasteiger partial charge in [-0.2, -0.15) is 10.2 Å². The van der Waals surface area contributed by atoms with E-state index < -0.39 is 28.9 Å². The summed E-state index contributed by atoms with van der Waals surface area (Å²) in [5, 5.41) is 19.4. The van der Waals surface area contributed by atoms with Crippen molar-refractivity contribution in [1.29, 1.82) is 0 Å². The van der Waals surface area contributed by atoms with Crippen LogP contribution in [0.3, 0.4) is 0 Å². The van der Waals surface area contributed by atoms with Crippen molar-refractivity contribution in [3.8, 4) is 10.8 Å². The van der Waals surface area contributed by atoms with Crippen LogP contribution in [0.1, 0.15) is 55.8 Å². The van der Waals surface area contributed by atoms with E-state index in [1.807, 2.05) is 24.3 Å². The largest absolute Gasteiger partial charge is 0.496 e. The van der Waals surface area contributed by atoms with Gasteiger partial charge in [-0.1, -0.05) is 29.5 Å². The molecule has 1 N–H and O–H groups in total. The molecule has 1 aromatic carbocycles. The third-order valence-electron chi connectivity index (χ3n) is 8.78. The first-order valence-corrected chi connectivity index (χ1v) is 15.0. The van der Waals surface area contributed by atoms with Crippen molar-refractivity contribution in [2.24, 2.45) is 0 Å². The molecule has 2 unspecified atom stereocenters. The highest BCUT2D eigenvalue weighted by molar-refractivity contribution is 7.21. The summed E-state index contributed by atoms with van der Waals surface area (Å²) in [5.41, 5.74) is -1.52. The summed E-state index contributed by atoms with van der Waals surface area (Å²) in [6, 6.07) is 7.52. The Hall–Kier alpha value is -3.81. The van der Waals surface area contributed by atoms with Crippen LogP contribution < -0.4 is 16.0 Å². The Morgan fingerprint density at radius 1 is 1.17 bits per heavy atom. The molecule has 42 heavy (non-hydrogen) atoms. The average molecular weight is 594 g/mol. The molecule has 3 fully saturated rings. The van der Waals surface area contributed by atoms with Gasteiger partial charge in [-0.25, -0.2) is 14.2 Å². The zero-order chi connectivity index (χ0) is 29.2. The fourth-order valence-corrected chi connectivity index (χ4v) is 7.72. The van der Waals surface area contributed by atoms with E-state index in [1.165, 1.54) is 33.1 Å². The molecular weight excluding hydrogens is 562 g/mol. The van der Waals surface area contributed by atoms with Crippen molar-refractivity contribution >= 4 is 27.5 Å². The number of para-hydroxylation sites is 1. The van der Waals surface area contributed by atoms with Gasteiger partial charge in [0.05, 0.1) is 49.7 Å². The third-order valence-corrected chi connectivity index (χ3v) is 10.1. The van der Waals surface area contributed by atoms with Crippen molar-refractivity contribution in [1.82, 2.24) is 24.1 Å². The molecule has 7 rings (SSSR count). The SMILES string of the molecule is COc1ccccc1C(Cn1c(=O)n(C2(C(=O)O)CC2)c(=O)c2c(C)c(-n3nccn3)sc21)OC1C[C@H]2CC[C@@H](C1)O2. The molecule has 2 aliphatic heterocycles. The van der Waals surface area contributed by atoms with Gasteiger partial charge in [0.25, 0.3) is 5.56 Å². The van der Waals surface area contributed by atoms with Crippen LogP contribution in [0.25, 0.3) is 15.2 Å². The second-order valence-corrected chi connectivity index (χ2v) is 12.3. The number of rotatable bonds is 9. The number of aliphatic carboxylic acids is 1. The van der Waals surface area contributed by atoms with Crippen LogP contribution >= 0.6 is 11.3 Å². The van der Waals surface area contributed by atoms with Gasteiger partial charge < -0.3 is 19.3 Å². The van der Waals surface area contributed by atoms with Crippen molar-refractivity contribution in [2.75, 3.05) is 7.11 Å². The number of nitrogens with zero attached hydrogens (tertiary/aromatic N) is 5. The molecule has 2 saturated heterocycles. The van der Waals surface area contributed by atoms with Crippen LogP contribution in [0.4, 0.5) is 0 Å². The minimum absolute atomic E-state index is 0.0459. The Labute approximate surface area is 244 Å². The minimum atomic E-state index is -1.57. The number of hydrogen-bond donors (Lipinski definition) is 1. The highest BCUT2D eigenvalue weighted by Gasteiger charge is 2.55. The van der Waals surface area contributed by atoms with E-state index in [2.05, 4.69) is 10.2 Å². The maximum Gasteiger partial charge on any atom is 0.333 e. The van der Waals surface area contributed by atoms with E-state index in [4.69, 9.17) is 14.2 Å². The molecule has 12 nitrogen and oxygen atoms in total. The van der Waals surface area contributed by atoms with Crippen LogP contribution in [0.2, 0.25) is 0 Å². The molecule has 13 heteroatoms. The summed E-state index contributed by atoms with van der Waals surface area (Å²) in [6.45, 7) is 1.81. The number of thiophene rings is 1. The van der Waals surface area contributed by atoms with Crippen LogP contribution in [0, 0.1) is 6.92 Å². The van der Waals surface area contributed by atoms with Gasteiger partial charge in [0.2, 0.25) is 0 Å². The van der Waals surface area contributed by atoms with Gasteiger partial charge in [0.1, 0.15) is 27.2 Å². The lowest BCUT2D eigenvalue weighted by Gasteiger charge is -2.32. The van der Waals surface area contributed by atoms with Crippen LogP contribution in [0.5, 0.6) is 5.75 Å². The molecule has 220 valence electrons. The Bertz CT molecular complexity index is 1780. The van der Waals surface area contributed by atoms with E-state index in [9.17, 15) is 19.5 Å². The Balaban J connectivity index is 1.41. The molecule has 2 bridgehead atoms. The highest BCUT2D eigenvalue weighted by atomic mass is 32.1. The summed E-state index contributed by atoms with van der Waals surface area (Å²) in [4.78, 5) is 42.4. The number of carboxylic acids is 1. The van der Waals surface area contributed by atoms with Crippen molar-refractivity contribution < 1.29 is 24.1 Å². The van der Waals surface area contributed by atoms with E-state index in [0.29, 0.717) is 21.1 Å². The number of aromatic nitrogens is 5. The number of aryl methyl sites for hydroxylation is 1. The molecule has 0 amide bonds. The number of ether oxygens (including phenoxy) is 3. The number of carboxylic acid groups (broad SMARTS) is 1. The zero-order valence-corrected chi connectivity index (χ0v) is 24.1. The van der Waals surface area contributed by atoms with Crippen molar-refractivity contribution in [3.63, 3.8) is 0 Å². The summed E-state index contributed by atoms with van der Waals surface area (Å²) in [6.07, 6.45) is 6.58. The van der Waals surface area contributed by atoms with Gasteiger partial charge in [-0.3, -0.25) is 9.36 Å². The lowest BCUT2D eigenvalue weighted by Crippen LogP contribution is -2.49. The molecule has 3 aliphatic rings. The molecule has 1 aliphatic carbocycles. The summed E-state index contributed by atoms with van der Waals surface area (Å²) in [7, 11) is 1.59. The Morgan fingerprint density at radius 3 is 2.50 bits per heavy atom. The number of benzene rings is 1. The molecule has 0 radical (unpaired) electrons. The summed E-state index contributed by atoms with van der Waals surface area (Å²) >= 11 is 1.22. The Morgan fingerprint density at radius 2 is 1.86 bits per heavy atom. The van der Waals surface area contributed by atoms with Crippen LogP contribution in [-0.2, 0) is 26.4 Å². The maximum atomic E-state index is 14.3. The lowest BCUT2D eigenvalue weighted by atomic mass is 10.0. The second kappa shape index (κ2) is 10.2. The normalized spacial score (nSPS) is 23.2. The smallest absolute Gasteiger partial charge is 0.333 e. The topological polar surface area (TPSA) is 140 Å². The molecule has 0 spiro atoms. The van der Waals surface area contributed by atoms with E-state index in [-0.39, 0.29) is 43.1 Å². The first-order chi connectivity index (χ1) is 20.3. The first-order valence-electron chi connectivity index (χ1n) is 14.1. The standard InChI is InChI=1S/C29H31N5O7S/c1-16-23-24(35)33(29(9-10-29)27(36)37)28(38)32(26(23)42-25(16)34-30-11-12-31-34)15-22(20-5-3-4-6-21(20)39-2)41-19-13-17-7-8-18(14-19)40-17/h3-6,11-12,17-19,22H,7-10,13-15H2,1-2H3,(H,36,37)/t17-,18+,19?,22?. The number of hydrogen-bond acceptors (Lipinski definition) is 9. The van der Waals surface area contributed by atoms with Gasteiger partial charge in [-0.05, 0) is 51.5 Å². The maximum absolute atomic E-state index is 14.3. The van der Waals surface area contributed by atoms with Gasteiger partial charge in [0.15, 0.2) is 0 Å². The molecule has 5 heterocycles. The predicted octanol–water partition coefficient (Wildman–Crippen LogP) is 3.16. The third kappa shape index (κ3) is 4.29. The first kappa shape index (κ1) is 27.0. The Kier molecular flexibility index (Phi) is 6.55. The second-order valence-electron chi connectivity index (χ2n) is 11.3. The monoisotopic (exact) mass is 593 g/mol. The van der Waals surface area contributed by atoms with Crippen molar-refractivity contribution in [2.45, 2.75) is 81.9 Å². The van der Waals surface area contributed by atoms with E-state index in [0.717, 1.165) is 35.8 Å². The minimum Gasteiger partial charge on any atom is -0.496 e. The molecule has 1 saturated carbocycles. The highest BCUT2D eigenvalue weighted by Crippen LogP contribution is 2.43. The van der Waals surface area contributed by atoms with Gasteiger partial charge >= 0.3 is 11.7 Å². The zero-order valence-electron chi connectivity index (χ0n) is 23.3. The predicted molar refractivity (Wildman–Crippen MR) is 153 cm³/mol. The van der Waals surface area contributed by atoms with Crippen LogP contribution in [-0.4, -0.2) is 60.6 Å². The van der Waals surface area contributed by atoms with Crippen molar-refractivity contribution in [3.05, 3.63) is 68.6 Å². The number of carbonyl (C=O) groups is 1. The fourth-order valence-electron chi connectivity index (χ4n) is 6.50. The van der Waals surface area contributed by atoms with E-state index >= 15 is 0 Å². The molecule has 3 aromatic heterocycles. The summed E-state index contributed by atoms with van der Waals surface area (Å²) in [5.74, 6) is -0.576. The average Bonchev–Trinajstić information content (AvgIpc) is 3.27. The fraction of sp³-hybridized carbons (Fsp3) is 0.483. The van der Waals surface area contributed by atoms with Crippen LogP contribution in [0.15, 0.2) is 46.2 Å². The van der Waals surface area contributed by atoms with Gasteiger partial charge in [-0.15, -0.1) is 4.80 Å². The van der Waals surface area contributed by atoms with E-state index in [1.54, 1.807) is 14.0 Å². The summed E-state index contributed by atoms with van der Waals surface area (Å²) < 4.78 is 20.9.